The summed E-state index contributed by atoms with van der Waals surface area (Å²) in [6.07, 6.45) is 0.955. The SMILES string of the molecule is COc1cc2c(cc1OC)CN(C(=O)C1CC(=O)N(c3ccc4c(c3)OCCO4)C1)CC2. The molecule has 1 atom stereocenters. The van der Waals surface area contributed by atoms with Crippen LogP contribution in [0, 0.1) is 5.92 Å². The Bertz CT molecular complexity index is 1070. The highest BCUT2D eigenvalue weighted by molar-refractivity contribution is 6.00. The van der Waals surface area contributed by atoms with Crippen molar-refractivity contribution in [1.82, 2.24) is 4.90 Å². The van der Waals surface area contributed by atoms with Crippen LogP contribution in [0.3, 0.4) is 0 Å². The fourth-order valence-electron chi connectivity index (χ4n) is 4.65. The number of anilines is 1. The minimum atomic E-state index is -0.364. The molecule has 0 saturated carbocycles. The molecule has 0 aromatic heterocycles. The summed E-state index contributed by atoms with van der Waals surface area (Å²) in [5.41, 5.74) is 2.94. The van der Waals surface area contributed by atoms with E-state index >= 15 is 0 Å². The predicted octanol–water partition coefficient (Wildman–Crippen LogP) is 2.41. The molecule has 0 N–H and O–H groups in total. The number of hydrogen-bond donors (Lipinski definition) is 0. The van der Waals surface area contributed by atoms with Crippen LogP contribution in [-0.4, -0.2) is 57.2 Å². The number of amides is 2. The molecule has 1 fully saturated rings. The van der Waals surface area contributed by atoms with Crippen LogP contribution in [-0.2, 0) is 22.6 Å². The minimum Gasteiger partial charge on any atom is -0.493 e. The summed E-state index contributed by atoms with van der Waals surface area (Å²) >= 11 is 0. The van der Waals surface area contributed by atoms with Gasteiger partial charge in [0.1, 0.15) is 13.2 Å². The van der Waals surface area contributed by atoms with E-state index in [1.807, 2.05) is 35.2 Å². The molecule has 3 aliphatic rings. The highest BCUT2D eigenvalue weighted by Gasteiger charge is 2.38. The summed E-state index contributed by atoms with van der Waals surface area (Å²) in [6, 6.07) is 9.40. The zero-order valence-electron chi connectivity index (χ0n) is 18.3. The van der Waals surface area contributed by atoms with Gasteiger partial charge in [-0.25, -0.2) is 0 Å². The summed E-state index contributed by atoms with van der Waals surface area (Å²) in [6.45, 7) is 2.49. The molecule has 8 nitrogen and oxygen atoms in total. The molecule has 0 radical (unpaired) electrons. The van der Waals surface area contributed by atoms with Crippen LogP contribution < -0.4 is 23.8 Å². The number of fused-ring (bicyclic) bond motifs is 2. The highest BCUT2D eigenvalue weighted by atomic mass is 16.6. The lowest BCUT2D eigenvalue weighted by molar-refractivity contribution is -0.136. The lowest BCUT2D eigenvalue weighted by Crippen LogP contribution is -2.40. The number of benzene rings is 2. The number of rotatable bonds is 4. The van der Waals surface area contributed by atoms with Crippen molar-refractivity contribution < 1.29 is 28.5 Å². The molecule has 3 heterocycles. The molecule has 0 bridgehead atoms. The Morgan fingerprint density at radius 2 is 1.72 bits per heavy atom. The van der Waals surface area contributed by atoms with Crippen LogP contribution in [0.1, 0.15) is 17.5 Å². The summed E-state index contributed by atoms with van der Waals surface area (Å²) < 4.78 is 22.0. The van der Waals surface area contributed by atoms with Gasteiger partial charge in [0.05, 0.1) is 20.1 Å². The van der Waals surface area contributed by atoms with Crippen LogP contribution in [0.5, 0.6) is 23.0 Å². The highest BCUT2D eigenvalue weighted by Crippen LogP contribution is 2.37. The average molecular weight is 438 g/mol. The number of carbonyl (C=O) groups excluding carboxylic acids is 2. The second-order valence-electron chi connectivity index (χ2n) is 8.22. The Morgan fingerprint density at radius 3 is 2.47 bits per heavy atom. The van der Waals surface area contributed by atoms with Gasteiger partial charge in [-0.15, -0.1) is 0 Å². The Hall–Kier alpha value is -3.42. The first kappa shape index (κ1) is 20.5. The molecule has 0 spiro atoms. The molecule has 2 aromatic carbocycles. The van der Waals surface area contributed by atoms with Crippen LogP contribution in [0.2, 0.25) is 0 Å². The van der Waals surface area contributed by atoms with Crippen molar-refractivity contribution >= 4 is 17.5 Å². The molecule has 1 saturated heterocycles. The van der Waals surface area contributed by atoms with Gasteiger partial charge in [0.15, 0.2) is 23.0 Å². The number of nitrogens with zero attached hydrogens (tertiary/aromatic N) is 2. The lowest BCUT2D eigenvalue weighted by Gasteiger charge is -2.31. The predicted molar refractivity (Wildman–Crippen MR) is 117 cm³/mol. The van der Waals surface area contributed by atoms with E-state index < -0.39 is 0 Å². The van der Waals surface area contributed by atoms with Crippen molar-refractivity contribution in [3.8, 4) is 23.0 Å². The average Bonchev–Trinajstić information content (AvgIpc) is 3.23. The van der Waals surface area contributed by atoms with Crippen molar-refractivity contribution in [2.75, 3.05) is 45.4 Å². The van der Waals surface area contributed by atoms with Gasteiger partial charge in [0.25, 0.3) is 0 Å². The fourth-order valence-corrected chi connectivity index (χ4v) is 4.65. The molecule has 1 unspecified atom stereocenters. The van der Waals surface area contributed by atoms with Crippen LogP contribution in [0.4, 0.5) is 5.69 Å². The molecule has 168 valence electrons. The van der Waals surface area contributed by atoms with Gasteiger partial charge >= 0.3 is 0 Å². The van der Waals surface area contributed by atoms with E-state index in [4.69, 9.17) is 18.9 Å². The van der Waals surface area contributed by atoms with E-state index in [0.29, 0.717) is 55.8 Å². The van der Waals surface area contributed by atoms with Crippen LogP contribution in [0.25, 0.3) is 0 Å². The molecule has 5 rings (SSSR count). The number of ether oxygens (including phenoxy) is 4. The molecule has 2 amide bonds. The maximum absolute atomic E-state index is 13.3. The summed E-state index contributed by atoms with van der Waals surface area (Å²) in [7, 11) is 3.22. The Morgan fingerprint density at radius 1 is 1.00 bits per heavy atom. The van der Waals surface area contributed by atoms with E-state index in [1.165, 1.54) is 0 Å². The number of methoxy groups -OCH3 is 2. The zero-order valence-corrected chi connectivity index (χ0v) is 18.3. The van der Waals surface area contributed by atoms with Gasteiger partial charge in [-0.2, -0.15) is 0 Å². The normalized spacial score (nSPS) is 19.6. The maximum atomic E-state index is 13.3. The third-order valence-corrected chi connectivity index (χ3v) is 6.34. The largest absolute Gasteiger partial charge is 0.493 e. The quantitative estimate of drug-likeness (QED) is 0.730. The lowest BCUT2D eigenvalue weighted by atomic mass is 9.97. The molecule has 32 heavy (non-hydrogen) atoms. The van der Waals surface area contributed by atoms with Crippen molar-refractivity contribution in [2.24, 2.45) is 5.92 Å². The molecular formula is C24H26N2O6. The van der Waals surface area contributed by atoms with Gasteiger partial charge < -0.3 is 28.7 Å². The summed E-state index contributed by atoms with van der Waals surface area (Å²) in [5, 5.41) is 0. The number of hydrogen-bond acceptors (Lipinski definition) is 6. The van der Waals surface area contributed by atoms with Crippen LogP contribution >= 0.6 is 0 Å². The smallest absolute Gasteiger partial charge is 0.228 e. The first-order chi connectivity index (χ1) is 15.6. The second-order valence-corrected chi connectivity index (χ2v) is 8.22. The third-order valence-electron chi connectivity index (χ3n) is 6.34. The van der Waals surface area contributed by atoms with E-state index in [1.54, 1.807) is 19.1 Å². The van der Waals surface area contributed by atoms with E-state index in [2.05, 4.69) is 0 Å². The molecule has 8 heteroatoms. The van der Waals surface area contributed by atoms with Gasteiger partial charge in [-0.1, -0.05) is 0 Å². The standard InChI is InChI=1S/C24H26N2O6/c1-29-20-9-15-5-6-25(13-16(15)10-21(20)30-2)24(28)17-11-23(27)26(14-17)18-3-4-19-22(12-18)32-8-7-31-19/h3-4,9-10,12,17H,5-8,11,13-14H2,1-2H3. The Labute approximate surface area is 186 Å². The van der Waals surface area contributed by atoms with Gasteiger partial charge in [0, 0.05) is 37.8 Å². The van der Waals surface area contributed by atoms with Crippen molar-refractivity contribution in [3.05, 3.63) is 41.5 Å². The van der Waals surface area contributed by atoms with Gasteiger partial charge in [-0.05, 0) is 41.8 Å². The molecule has 0 aliphatic carbocycles. The second kappa shape index (κ2) is 8.26. The van der Waals surface area contributed by atoms with E-state index in [-0.39, 0.29) is 24.2 Å². The van der Waals surface area contributed by atoms with Gasteiger partial charge in [0.2, 0.25) is 11.8 Å². The maximum Gasteiger partial charge on any atom is 0.228 e. The first-order valence-electron chi connectivity index (χ1n) is 10.8. The minimum absolute atomic E-state index is 0.0128. The van der Waals surface area contributed by atoms with Crippen molar-refractivity contribution in [1.29, 1.82) is 0 Å². The van der Waals surface area contributed by atoms with Crippen LogP contribution in [0.15, 0.2) is 30.3 Å². The monoisotopic (exact) mass is 438 g/mol. The Kier molecular flexibility index (Phi) is 5.28. The first-order valence-corrected chi connectivity index (χ1v) is 10.8. The van der Waals surface area contributed by atoms with Gasteiger partial charge in [-0.3, -0.25) is 9.59 Å². The summed E-state index contributed by atoms with van der Waals surface area (Å²) in [5.74, 6) is 2.26. The summed E-state index contributed by atoms with van der Waals surface area (Å²) in [4.78, 5) is 29.6. The van der Waals surface area contributed by atoms with E-state index in [9.17, 15) is 9.59 Å². The van der Waals surface area contributed by atoms with Crippen molar-refractivity contribution in [2.45, 2.75) is 19.4 Å². The zero-order chi connectivity index (χ0) is 22.2. The molecule has 2 aromatic rings. The van der Waals surface area contributed by atoms with E-state index in [0.717, 1.165) is 23.2 Å². The third kappa shape index (κ3) is 3.59. The van der Waals surface area contributed by atoms with Crippen molar-refractivity contribution in [3.63, 3.8) is 0 Å². The Balaban J connectivity index is 1.30. The molecular weight excluding hydrogens is 412 g/mol. The fraction of sp³-hybridized carbons (Fsp3) is 0.417. The molecule has 3 aliphatic heterocycles. The topological polar surface area (TPSA) is 77.5 Å². The number of carbonyl (C=O) groups is 2.